The minimum atomic E-state index is 0.315. The van der Waals surface area contributed by atoms with Crippen molar-refractivity contribution < 1.29 is 0 Å². The van der Waals surface area contributed by atoms with Gasteiger partial charge in [-0.1, -0.05) is 11.6 Å². The number of hydrogen-bond acceptors (Lipinski definition) is 5. The van der Waals surface area contributed by atoms with Crippen molar-refractivity contribution in [1.29, 1.82) is 0 Å². The average molecular weight is 241 g/mol. The monoisotopic (exact) mass is 240 g/mol. The van der Waals surface area contributed by atoms with Crippen LogP contribution in [0.5, 0.6) is 0 Å². The second-order valence-corrected chi connectivity index (χ2v) is 4.65. The number of rotatable bonds is 2. The van der Waals surface area contributed by atoms with E-state index in [0.29, 0.717) is 24.0 Å². The van der Waals surface area contributed by atoms with Gasteiger partial charge in [0.25, 0.3) is 0 Å². The predicted molar refractivity (Wildman–Crippen MR) is 60.8 cm³/mol. The highest BCUT2D eigenvalue weighted by atomic mass is 35.5. The Morgan fingerprint density at radius 1 is 1.33 bits per heavy atom. The molecule has 0 saturated carbocycles. The quantitative estimate of drug-likeness (QED) is 0.872. The number of nitrogens with zero attached hydrogens (tertiary/aromatic N) is 3. The van der Waals surface area contributed by atoms with Gasteiger partial charge in [-0.15, -0.1) is 11.3 Å². The van der Waals surface area contributed by atoms with E-state index in [1.54, 1.807) is 0 Å². The molecule has 15 heavy (non-hydrogen) atoms. The Hall–Kier alpha value is -1.04. The highest BCUT2D eigenvalue weighted by Gasteiger charge is 2.07. The van der Waals surface area contributed by atoms with Gasteiger partial charge in [-0.05, 0) is 19.1 Å². The van der Waals surface area contributed by atoms with E-state index < -0.39 is 0 Å². The predicted octanol–water partition coefficient (Wildman–Crippen LogP) is 2.02. The Morgan fingerprint density at radius 3 is 2.73 bits per heavy atom. The Morgan fingerprint density at radius 2 is 2.13 bits per heavy atom. The number of hydrogen-bond donors (Lipinski definition) is 1. The summed E-state index contributed by atoms with van der Waals surface area (Å²) in [5, 5.41) is 0. The number of halogens is 1. The summed E-state index contributed by atoms with van der Waals surface area (Å²) in [7, 11) is 0. The summed E-state index contributed by atoms with van der Waals surface area (Å²) in [6, 6.07) is 3.71. The highest BCUT2D eigenvalue weighted by Crippen LogP contribution is 2.28. The van der Waals surface area contributed by atoms with Crippen LogP contribution in [0.4, 0.5) is 0 Å². The number of nitrogens with two attached hydrogens (primary N) is 1. The van der Waals surface area contributed by atoms with Crippen molar-refractivity contribution in [2.24, 2.45) is 5.73 Å². The lowest BCUT2D eigenvalue weighted by molar-refractivity contribution is 0.852. The number of thiophene rings is 1. The van der Waals surface area contributed by atoms with Crippen LogP contribution in [0.25, 0.3) is 10.7 Å². The summed E-state index contributed by atoms with van der Waals surface area (Å²) in [5.74, 6) is 1.91. The molecule has 78 valence electrons. The first-order valence-electron chi connectivity index (χ1n) is 4.36. The third-order valence-corrected chi connectivity index (χ3v) is 3.00. The third-order valence-electron chi connectivity index (χ3n) is 1.77. The van der Waals surface area contributed by atoms with E-state index >= 15 is 0 Å². The molecule has 0 bridgehead atoms. The maximum absolute atomic E-state index is 5.85. The van der Waals surface area contributed by atoms with E-state index in [9.17, 15) is 0 Å². The normalized spacial score (nSPS) is 10.6. The fourth-order valence-corrected chi connectivity index (χ4v) is 2.15. The van der Waals surface area contributed by atoms with Gasteiger partial charge in [-0.3, -0.25) is 0 Å². The molecule has 2 heterocycles. The van der Waals surface area contributed by atoms with E-state index in [1.165, 1.54) is 11.3 Å². The molecular formula is C9H9ClN4S. The molecule has 0 saturated heterocycles. The molecule has 0 aliphatic carbocycles. The van der Waals surface area contributed by atoms with E-state index in [2.05, 4.69) is 15.0 Å². The Balaban J connectivity index is 2.48. The summed E-state index contributed by atoms with van der Waals surface area (Å²) in [6.45, 7) is 2.13. The maximum Gasteiger partial charge on any atom is 0.173 e. The minimum Gasteiger partial charge on any atom is -0.324 e. The van der Waals surface area contributed by atoms with Crippen molar-refractivity contribution in [3.05, 3.63) is 28.1 Å². The number of aromatic nitrogens is 3. The number of aryl methyl sites for hydroxylation is 1. The SMILES string of the molecule is Cc1nc(CN)nc(-c2ccc(Cl)s2)n1. The van der Waals surface area contributed by atoms with Crippen LogP contribution >= 0.6 is 22.9 Å². The summed E-state index contributed by atoms with van der Waals surface area (Å²) in [5.41, 5.74) is 5.50. The maximum atomic E-state index is 5.85. The second kappa shape index (κ2) is 4.22. The Bertz CT molecular complexity index is 483. The van der Waals surface area contributed by atoms with Crippen LogP contribution in [0.3, 0.4) is 0 Å². The molecule has 0 atom stereocenters. The van der Waals surface area contributed by atoms with Crippen molar-refractivity contribution in [3.8, 4) is 10.7 Å². The standard InChI is InChI=1S/C9H9ClN4S/c1-5-12-8(4-11)14-9(13-5)6-2-3-7(10)15-6/h2-3H,4,11H2,1H3. The lowest BCUT2D eigenvalue weighted by Crippen LogP contribution is -2.06. The van der Waals surface area contributed by atoms with Crippen molar-refractivity contribution >= 4 is 22.9 Å². The molecule has 0 aliphatic rings. The van der Waals surface area contributed by atoms with Gasteiger partial charge in [-0.2, -0.15) is 0 Å². The first kappa shape index (κ1) is 10.5. The zero-order chi connectivity index (χ0) is 10.8. The van der Waals surface area contributed by atoms with Crippen LogP contribution in [-0.2, 0) is 6.54 Å². The highest BCUT2D eigenvalue weighted by molar-refractivity contribution is 7.19. The van der Waals surface area contributed by atoms with Crippen molar-refractivity contribution in [2.45, 2.75) is 13.5 Å². The summed E-state index contributed by atoms with van der Waals surface area (Å²) < 4.78 is 0.720. The Labute approximate surface area is 96.2 Å². The van der Waals surface area contributed by atoms with Crippen LogP contribution in [0.1, 0.15) is 11.6 Å². The molecule has 0 unspecified atom stereocenters. The van der Waals surface area contributed by atoms with Crippen LogP contribution < -0.4 is 5.73 Å². The van der Waals surface area contributed by atoms with Gasteiger partial charge in [-0.25, -0.2) is 15.0 Å². The van der Waals surface area contributed by atoms with Crippen LogP contribution in [0.2, 0.25) is 4.34 Å². The minimum absolute atomic E-state index is 0.315. The van der Waals surface area contributed by atoms with Crippen LogP contribution in [0.15, 0.2) is 12.1 Å². The van der Waals surface area contributed by atoms with Gasteiger partial charge < -0.3 is 5.73 Å². The molecule has 0 amide bonds. The third kappa shape index (κ3) is 2.31. The average Bonchev–Trinajstić information content (AvgIpc) is 2.64. The van der Waals surface area contributed by atoms with Gasteiger partial charge in [0.05, 0.1) is 15.8 Å². The van der Waals surface area contributed by atoms with Gasteiger partial charge in [0.1, 0.15) is 11.6 Å². The summed E-state index contributed by atoms with van der Waals surface area (Å²) >= 11 is 7.29. The lowest BCUT2D eigenvalue weighted by Gasteiger charge is -2.00. The van der Waals surface area contributed by atoms with Crippen molar-refractivity contribution in [2.75, 3.05) is 0 Å². The van der Waals surface area contributed by atoms with E-state index in [-0.39, 0.29) is 0 Å². The molecular weight excluding hydrogens is 232 g/mol. The molecule has 0 radical (unpaired) electrons. The van der Waals surface area contributed by atoms with Crippen molar-refractivity contribution in [1.82, 2.24) is 15.0 Å². The van der Waals surface area contributed by atoms with Crippen molar-refractivity contribution in [3.63, 3.8) is 0 Å². The smallest absolute Gasteiger partial charge is 0.173 e. The molecule has 4 nitrogen and oxygen atoms in total. The van der Waals surface area contributed by atoms with E-state index in [1.807, 2.05) is 19.1 Å². The van der Waals surface area contributed by atoms with Gasteiger partial charge >= 0.3 is 0 Å². The van der Waals surface area contributed by atoms with E-state index in [4.69, 9.17) is 17.3 Å². The molecule has 2 rings (SSSR count). The molecule has 6 heteroatoms. The zero-order valence-corrected chi connectivity index (χ0v) is 9.64. The summed E-state index contributed by atoms with van der Waals surface area (Å²) in [4.78, 5) is 13.5. The fraction of sp³-hybridized carbons (Fsp3) is 0.222. The zero-order valence-electron chi connectivity index (χ0n) is 8.07. The fourth-order valence-electron chi connectivity index (χ4n) is 1.17. The molecule has 0 aromatic carbocycles. The molecule has 0 fully saturated rings. The molecule has 2 aromatic heterocycles. The largest absolute Gasteiger partial charge is 0.324 e. The molecule has 0 aliphatic heterocycles. The van der Waals surface area contributed by atoms with Gasteiger partial charge in [0.15, 0.2) is 5.82 Å². The van der Waals surface area contributed by atoms with Gasteiger partial charge in [0.2, 0.25) is 0 Å². The molecule has 2 N–H and O–H groups in total. The first-order chi connectivity index (χ1) is 7.19. The second-order valence-electron chi connectivity index (χ2n) is 2.93. The van der Waals surface area contributed by atoms with Gasteiger partial charge in [0, 0.05) is 0 Å². The van der Waals surface area contributed by atoms with E-state index in [0.717, 1.165) is 9.21 Å². The molecule has 2 aromatic rings. The van der Waals surface area contributed by atoms with Crippen LogP contribution in [0, 0.1) is 6.92 Å². The van der Waals surface area contributed by atoms with Crippen LogP contribution in [-0.4, -0.2) is 15.0 Å². The molecule has 0 spiro atoms. The lowest BCUT2D eigenvalue weighted by atomic mass is 10.4. The Kier molecular flexibility index (Phi) is 2.95. The summed E-state index contributed by atoms with van der Waals surface area (Å²) in [6.07, 6.45) is 0. The topological polar surface area (TPSA) is 64.7 Å². The first-order valence-corrected chi connectivity index (χ1v) is 5.56.